The molecule has 2 atom stereocenters. The van der Waals surface area contributed by atoms with Gasteiger partial charge in [0.25, 0.3) is 5.91 Å². The van der Waals surface area contributed by atoms with Crippen molar-refractivity contribution < 1.29 is 33.8 Å². The summed E-state index contributed by atoms with van der Waals surface area (Å²) in [6.45, 7) is 4.77. The number of amides is 3. The van der Waals surface area contributed by atoms with Gasteiger partial charge in [0.1, 0.15) is 11.7 Å². The maximum absolute atomic E-state index is 13.3. The number of carbonyl (C=O) groups excluding carboxylic acids is 3. The van der Waals surface area contributed by atoms with Crippen molar-refractivity contribution in [2.75, 3.05) is 39.9 Å². The number of carboxylic acids is 1. The van der Waals surface area contributed by atoms with Crippen LogP contribution in [0, 0.1) is 0 Å². The number of rotatable bonds is 10. The van der Waals surface area contributed by atoms with Gasteiger partial charge in [-0.1, -0.05) is 30.3 Å². The number of nitrogens with zero attached hydrogens (tertiary/aromatic N) is 4. The van der Waals surface area contributed by atoms with Crippen LogP contribution >= 0.6 is 0 Å². The summed E-state index contributed by atoms with van der Waals surface area (Å²) in [5, 5.41) is 11.9. The highest BCUT2D eigenvalue weighted by molar-refractivity contribution is 5.96. The van der Waals surface area contributed by atoms with Crippen molar-refractivity contribution in [1.82, 2.24) is 25.1 Å². The van der Waals surface area contributed by atoms with Gasteiger partial charge in [-0.05, 0) is 26.3 Å². The van der Waals surface area contributed by atoms with Gasteiger partial charge in [0.2, 0.25) is 5.91 Å². The third-order valence-corrected chi connectivity index (χ3v) is 6.15. The van der Waals surface area contributed by atoms with Crippen molar-refractivity contribution in [1.29, 1.82) is 0 Å². The van der Waals surface area contributed by atoms with Crippen molar-refractivity contribution in [3.05, 3.63) is 47.8 Å². The monoisotopic (exact) mass is 527 g/mol. The molecule has 1 aromatic heterocycles. The number of piperazine rings is 1. The van der Waals surface area contributed by atoms with Crippen molar-refractivity contribution in [2.45, 2.75) is 38.8 Å². The molecular formula is C26H33N5O7. The number of ether oxygens (including phenoxy) is 2. The Morgan fingerprint density at radius 1 is 1.05 bits per heavy atom. The Labute approximate surface area is 220 Å². The second kappa shape index (κ2) is 13.5. The molecule has 1 saturated heterocycles. The minimum Gasteiger partial charge on any atom is -0.481 e. The molecule has 3 amide bonds. The van der Waals surface area contributed by atoms with Gasteiger partial charge in [0.05, 0.1) is 18.4 Å². The summed E-state index contributed by atoms with van der Waals surface area (Å²) < 4.78 is 10.4. The van der Waals surface area contributed by atoms with Gasteiger partial charge in [-0.15, -0.1) is 0 Å². The molecule has 12 nitrogen and oxygen atoms in total. The Kier molecular flexibility index (Phi) is 10.1. The van der Waals surface area contributed by atoms with Crippen LogP contribution in [0.4, 0.5) is 4.79 Å². The van der Waals surface area contributed by atoms with E-state index in [1.807, 2.05) is 30.3 Å². The van der Waals surface area contributed by atoms with Crippen LogP contribution in [0.3, 0.4) is 0 Å². The minimum absolute atomic E-state index is 0.0259. The molecule has 1 fully saturated rings. The minimum atomic E-state index is -1.09. The van der Waals surface area contributed by atoms with Crippen molar-refractivity contribution in [2.24, 2.45) is 0 Å². The van der Waals surface area contributed by atoms with Crippen molar-refractivity contribution in [3.63, 3.8) is 0 Å². The maximum atomic E-state index is 13.3. The smallest absolute Gasteiger partial charge is 0.409 e. The first kappa shape index (κ1) is 28.5. The van der Waals surface area contributed by atoms with Crippen molar-refractivity contribution >= 4 is 23.9 Å². The zero-order valence-corrected chi connectivity index (χ0v) is 21.8. The molecule has 2 aromatic rings. The molecule has 0 aliphatic carbocycles. The number of carboxylic acid groups (broad SMARTS) is 1. The third-order valence-electron chi connectivity index (χ3n) is 6.15. The highest BCUT2D eigenvalue weighted by Gasteiger charge is 2.31. The van der Waals surface area contributed by atoms with E-state index in [4.69, 9.17) is 9.47 Å². The fraction of sp³-hybridized carbons (Fsp3) is 0.462. The molecule has 2 heterocycles. The van der Waals surface area contributed by atoms with Gasteiger partial charge in [0.15, 0.2) is 5.82 Å². The number of benzene rings is 1. The molecule has 1 aliphatic rings. The molecule has 0 radical (unpaired) electrons. The molecule has 0 spiro atoms. The first-order valence-corrected chi connectivity index (χ1v) is 12.4. The van der Waals surface area contributed by atoms with Gasteiger partial charge in [-0.3, -0.25) is 14.4 Å². The van der Waals surface area contributed by atoms with E-state index in [1.165, 1.54) is 23.0 Å². The molecule has 0 bridgehead atoms. The largest absolute Gasteiger partial charge is 0.481 e. The molecule has 0 saturated carbocycles. The Bertz CT molecular complexity index is 1140. The maximum Gasteiger partial charge on any atom is 0.409 e. The Balaban J connectivity index is 1.81. The lowest BCUT2D eigenvalue weighted by atomic mass is 10.1. The van der Waals surface area contributed by atoms with E-state index in [9.17, 15) is 24.3 Å². The van der Waals surface area contributed by atoms with Crippen LogP contribution in [-0.2, 0) is 19.1 Å². The summed E-state index contributed by atoms with van der Waals surface area (Å²) in [4.78, 5) is 61.8. The number of aromatic nitrogens is 2. The van der Waals surface area contributed by atoms with Crippen LogP contribution in [-0.4, -0.2) is 94.7 Å². The van der Waals surface area contributed by atoms with Crippen LogP contribution in [0.5, 0.6) is 0 Å². The molecule has 204 valence electrons. The molecular weight excluding hydrogens is 494 g/mol. The normalized spacial score (nSPS) is 14.9. The average molecular weight is 528 g/mol. The van der Waals surface area contributed by atoms with E-state index >= 15 is 0 Å². The summed E-state index contributed by atoms with van der Waals surface area (Å²) in [5.74, 6) is -1.83. The summed E-state index contributed by atoms with van der Waals surface area (Å²) in [5.41, 5.74) is 1.21. The second-order valence-electron chi connectivity index (χ2n) is 8.72. The van der Waals surface area contributed by atoms with E-state index in [-0.39, 0.29) is 51.3 Å². The quantitative estimate of drug-likeness (QED) is 0.473. The van der Waals surface area contributed by atoms with Crippen LogP contribution < -0.4 is 5.32 Å². The number of methoxy groups -OCH3 is 1. The summed E-state index contributed by atoms with van der Waals surface area (Å²) in [6, 6.07) is 9.53. The Morgan fingerprint density at radius 3 is 2.32 bits per heavy atom. The number of aliphatic carboxylic acids is 1. The van der Waals surface area contributed by atoms with Gasteiger partial charge in [-0.25, -0.2) is 14.8 Å². The Morgan fingerprint density at radius 2 is 1.71 bits per heavy atom. The number of hydrogen-bond acceptors (Lipinski definition) is 8. The van der Waals surface area contributed by atoms with Crippen LogP contribution in [0.1, 0.15) is 49.0 Å². The highest BCUT2D eigenvalue weighted by atomic mass is 16.6. The first-order valence-electron chi connectivity index (χ1n) is 12.4. The topological polar surface area (TPSA) is 151 Å². The average Bonchev–Trinajstić information content (AvgIpc) is 2.94. The highest BCUT2D eigenvalue weighted by Crippen LogP contribution is 2.21. The molecule has 12 heteroatoms. The van der Waals surface area contributed by atoms with Crippen molar-refractivity contribution in [3.8, 4) is 11.4 Å². The first-order chi connectivity index (χ1) is 18.2. The summed E-state index contributed by atoms with van der Waals surface area (Å²) >= 11 is 0. The lowest BCUT2D eigenvalue weighted by Crippen LogP contribution is -2.56. The van der Waals surface area contributed by atoms with E-state index < -0.39 is 36.0 Å². The predicted molar refractivity (Wildman–Crippen MR) is 136 cm³/mol. The summed E-state index contributed by atoms with van der Waals surface area (Å²) in [6.07, 6.45) is -1.29. The number of hydrogen-bond donors (Lipinski definition) is 2. The molecule has 1 aliphatic heterocycles. The van der Waals surface area contributed by atoms with Gasteiger partial charge in [-0.2, -0.15) is 0 Å². The molecule has 1 unspecified atom stereocenters. The Hall–Kier alpha value is -4.06. The summed E-state index contributed by atoms with van der Waals surface area (Å²) in [7, 11) is 1.52. The SMILES string of the molecule is CCOC(=O)N1CCN(C(=O)[C@H](CCC(=O)O)NC(=O)c2cc(C(C)OC)nc(-c3ccccc3)n2)CC1. The fourth-order valence-electron chi connectivity index (χ4n) is 3.93. The standard InChI is InChI=1S/C26H33N5O7/c1-4-38-26(36)31-14-12-30(13-15-31)25(35)19(10-11-22(32)33)29-24(34)21-16-20(17(2)37-3)27-23(28-21)18-8-6-5-7-9-18/h5-9,16-17,19H,4,10-15H2,1-3H3,(H,29,34)(H,32,33)/t17?,19-/m0/s1. The molecule has 2 N–H and O–H groups in total. The van der Waals surface area contributed by atoms with Gasteiger partial charge < -0.3 is 29.7 Å². The van der Waals surface area contributed by atoms with Crippen LogP contribution in [0.25, 0.3) is 11.4 Å². The zero-order valence-electron chi connectivity index (χ0n) is 21.8. The molecule has 38 heavy (non-hydrogen) atoms. The van der Waals surface area contributed by atoms with Gasteiger partial charge >= 0.3 is 12.1 Å². The van der Waals surface area contributed by atoms with Crippen LogP contribution in [0.15, 0.2) is 36.4 Å². The lowest BCUT2D eigenvalue weighted by Gasteiger charge is -2.35. The van der Waals surface area contributed by atoms with E-state index in [0.717, 1.165) is 0 Å². The molecule has 3 rings (SSSR count). The van der Waals surface area contributed by atoms with E-state index in [0.29, 0.717) is 17.1 Å². The third kappa shape index (κ3) is 7.48. The number of nitrogens with one attached hydrogen (secondary N) is 1. The zero-order chi connectivity index (χ0) is 27.7. The van der Waals surface area contributed by atoms with Gasteiger partial charge in [0, 0.05) is 45.3 Å². The molecule has 1 aromatic carbocycles. The van der Waals surface area contributed by atoms with Crippen LogP contribution in [0.2, 0.25) is 0 Å². The van der Waals surface area contributed by atoms with E-state index in [2.05, 4.69) is 15.3 Å². The second-order valence-corrected chi connectivity index (χ2v) is 8.72. The lowest BCUT2D eigenvalue weighted by molar-refractivity contribution is -0.138. The van der Waals surface area contributed by atoms with E-state index in [1.54, 1.807) is 13.8 Å². The number of carbonyl (C=O) groups is 4. The fourth-order valence-corrected chi connectivity index (χ4v) is 3.93. The predicted octanol–water partition coefficient (Wildman–Crippen LogP) is 2.11.